The lowest BCUT2D eigenvalue weighted by atomic mass is 10.2. The molecule has 0 saturated carbocycles. The van der Waals surface area contributed by atoms with E-state index in [9.17, 15) is 0 Å². The van der Waals surface area contributed by atoms with Gasteiger partial charge in [0.2, 0.25) is 0 Å². The molecule has 0 amide bonds. The minimum Gasteiger partial charge on any atom is -0.305 e. The molecule has 0 saturated heterocycles. The Morgan fingerprint density at radius 1 is 1.44 bits per heavy atom. The summed E-state index contributed by atoms with van der Waals surface area (Å²) in [7, 11) is 1.98. The summed E-state index contributed by atoms with van der Waals surface area (Å²) in [4.78, 5) is 1.26. The van der Waals surface area contributed by atoms with Crippen LogP contribution in [0.5, 0.6) is 0 Å². The molecule has 0 aliphatic carbocycles. The highest BCUT2D eigenvalue weighted by atomic mass is 35.5. The Labute approximate surface area is 117 Å². The molecule has 2 heterocycles. The average Bonchev–Trinajstić information content (AvgIpc) is 2.83. The summed E-state index contributed by atoms with van der Waals surface area (Å²) in [5.41, 5.74) is 3.60. The van der Waals surface area contributed by atoms with Gasteiger partial charge in [0.25, 0.3) is 0 Å². The molecule has 0 spiro atoms. The minimum absolute atomic E-state index is 0.307. The van der Waals surface area contributed by atoms with Gasteiger partial charge in [-0.25, -0.2) is 0 Å². The van der Waals surface area contributed by atoms with Crippen LogP contribution in [0.4, 0.5) is 0 Å². The number of nitrogens with zero attached hydrogens (tertiary/aromatic N) is 2. The molecule has 0 bridgehead atoms. The molecular formula is C13H18ClN3S. The lowest BCUT2D eigenvalue weighted by molar-refractivity contribution is 0.579. The van der Waals surface area contributed by atoms with Crippen LogP contribution in [0.1, 0.15) is 34.8 Å². The first-order chi connectivity index (χ1) is 8.49. The third-order valence-electron chi connectivity index (χ3n) is 3.26. The maximum absolute atomic E-state index is 5.95. The Bertz CT molecular complexity index is 544. The topological polar surface area (TPSA) is 29.9 Å². The predicted octanol–water partition coefficient (Wildman–Crippen LogP) is 3.60. The Morgan fingerprint density at radius 2 is 2.17 bits per heavy atom. The summed E-state index contributed by atoms with van der Waals surface area (Å²) in [5, 5.41) is 7.95. The van der Waals surface area contributed by atoms with Gasteiger partial charge in [0.05, 0.1) is 10.0 Å². The fraction of sp³-hybridized carbons (Fsp3) is 0.462. The molecule has 2 aromatic rings. The van der Waals surface area contributed by atoms with E-state index in [1.54, 1.807) is 11.3 Å². The van der Waals surface area contributed by atoms with Crippen molar-refractivity contribution in [3.63, 3.8) is 0 Å². The van der Waals surface area contributed by atoms with Gasteiger partial charge < -0.3 is 5.32 Å². The van der Waals surface area contributed by atoms with Crippen LogP contribution in [0.25, 0.3) is 0 Å². The van der Waals surface area contributed by atoms with Crippen LogP contribution >= 0.6 is 22.9 Å². The van der Waals surface area contributed by atoms with E-state index in [1.165, 1.54) is 16.1 Å². The molecule has 5 heteroatoms. The summed E-state index contributed by atoms with van der Waals surface area (Å²) in [5.74, 6) is 0. The second-order valence-corrected chi connectivity index (χ2v) is 6.26. The van der Waals surface area contributed by atoms with Crippen LogP contribution in [0.15, 0.2) is 12.1 Å². The van der Waals surface area contributed by atoms with Gasteiger partial charge in [-0.1, -0.05) is 11.6 Å². The summed E-state index contributed by atoms with van der Waals surface area (Å²) in [6.45, 7) is 7.14. The number of rotatable bonds is 4. The highest BCUT2D eigenvalue weighted by Crippen LogP contribution is 2.27. The molecule has 18 heavy (non-hydrogen) atoms. The second kappa shape index (κ2) is 5.43. The van der Waals surface area contributed by atoms with E-state index in [1.807, 2.05) is 17.8 Å². The molecule has 1 unspecified atom stereocenters. The Balaban J connectivity index is 2.03. The third kappa shape index (κ3) is 2.76. The van der Waals surface area contributed by atoms with Crippen molar-refractivity contribution in [1.29, 1.82) is 0 Å². The number of hydrogen-bond acceptors (Lipinski definition) is 3. The van der Waals surface area contributed by atoms with Crippen LogP contribution in [0, 0.1) is 13.8 Å². The Kier molecular flexibility index (Phi) is 4.10. The van der Waals surface area contributed by atoms with Gasteiger partial charge >= 0.3 is 0 Å². The highest BCUT2D eigenvalue weighted by molar-refractivity contribution is 7.16. The smallest absolute Gasteiger partial charge is 0.0931 e. The Morgan fingerprint density at radius 3 is 2.67 bits per heavy atom. The van der Waals surface area contributed by atoms with Crippen molar-refractivity contribution in [1.82, 2.24) is 15.1 Å². The molecule has 2 rings (SSSR count). The summed E-state index contributed by atoms with van der Waals surface area (Å²) in [6.07, 6.45) is 0. The van der Waals surface area contributed by atoms with E-state index in [0.717, 1.165) is 16.6 Å². The van der Waals surface area contributed by atoms with E-state index in [4.69, 9.17) is 11.6 Å². The van der Waals surface area contributed by atoms with Gasteiger partial charge in [-0.3, -0.25) is 4.68 Å². The van der Waals surface area contributed by atoms with Gasteiger partial charge in [0, 0.05) is 35.8 Å². The number of aromatic nitrogens is 2. The first-order valence-electron chi connectivity index (χ1n) is 5.96. The van der Waals surface area contributed by atoms with Crippen LogP contribution in [0.2, 0.25) is 4.34 Å². The van der Waals surface area contributed by atoms with E-state index in [0.29, 0.717) is 6.04 Å². The average molecular weight is 284 g/mol. The van der Waals surface area contributed by atoms with Crippen molar-refractivity contribution in [2.75, 3.05) is 0 Å². The number of thiophene rings is 1. The van der Waals surface area contributed by atoms with Crippen LogP contribution in [-0.4, -0.2) is 9.78 Å². The Hall–Kier alpha value is -0.840. The van der Waals surface area contributed by atoms with E-state index in [2.05, 4.69) is 37.3 Å². The number of nitrogens with one attached hydrogen (secondary N) is 1. The highest BCUT2D eigenvalue weighted by Gasteiger charge is 2.12. The minimum atomic E-state index is 0.307. The fourth-order valence-electron chi connectivity index (χ4n) is 1.99. The normalized spacial score (nSPS) is 12.9. The predicted molar refractivity (Wildman–Crippen MR) is 77.3 cm³/mol. The molecule has 3 nitrogen and oxygen atoms in total. The number of halogens is 1. The zero-order valence-corrected chi connectivity index (χ0v) is 12.7. The molecular weight excluding hydrogens is 266 g/mol. The monoisotopic (exact) mass is 283 g/mol. The first-order valence-corrected chi connectivity index (χ1v) is 7.16. The van der Waals surface area contributed by atoms with Crippen molar-refractivity contribution in [3.05, 3.63) is 38.3 Å². The summed E-state index contributed by atoms with van der Waals surface area (Å²) < 4.78 is 2.77. The van der Waals surface area contributed by atoms with Crippen molar-refractivity contribution in [3.8, 4) is 0 Å². The maximum Gasteiger partial charge on any atom is 0.0931 e. The molecule has 1 atom stereocenters. The van der Waals surface area contributed by atoms with Crippen molar-refractivity contribution >= 4 is 22.9 Å². The van der Waals surface area contributed by atoms with Gasteiger partial charge in [-0.15, -0.1) is 11.3 Å². The number of hydrogen-bond donors (Lipinski definition) is 1. The third-order valence-corrected chi connectivity index (χ3v) is 4.68. The molecule has 0 fully saturated rings. The van der Waals surface area contributed by atoms with Gasteiger partial charge in [-0.2, -0.15) is 5.10 Å². The zero-order valence-electron chi connectivity index (χ0n) is 11.1. The largest absolute Gasteiger partial charge is 0.305 e. The quantitative estimate of drug-likeness (QED) is 0.929. The second-order valence-electron chi connectivity index (χ2n) is 4.52. The zero-order chi connectivity index (χ0) is 13.3. The van der Waals surface area contributed by atoms with Crippen molar-refractivity contribution < 1.29 is 0 Å². The van der Waals surface area contributed by atoms with Crippen LogP contribution < -0.4 is 5.32 Å². The van der Waals surface area contributed by atoms with Gasteiger partial charge in [0.15, 0.2) is 0 Å². The summed E-state index contributed by atoms with van der Waals surface area (Å²) in [6, 6.07) is 4.33. The molecule has 2 aromatic heterocycles. The SMILES string of the molecule is Cc1nn(C)c(C)c1CNC(C)c1ccc(Cl)s1. The van der Waals surface area contributed by atoms with E-state index < -0.39 is 0 Å². The van der Waals surface area contributed by atoms with E-state index in [-0.39, 0.29) is 0 Å². The van der Waals surface area contributed by atoms with Crippen LogP contribution in [0.3, 0.4) is 0 Å². The molecule has 98 valence electrons. The van der Waals surface area contributed by atoms with E-state index >= 15 is 0 Å². The molecule has 1 N–H and O–H groups in total. The number of aryl methyl sites for hydroxylation is 2. The van der Waals surface area contributed by atoms with Crippen molar-refractivity contribution in [2.45, 2.75) is 33.4 Å². The lowest BCUT2D eigenvalue weighted by Gasteiger charge is -2.12. The van der Waals surface area contributed by atoms with Gasteiger partial charge in [0.1, 0.15) is 0 Å². The van der Waals surface area contributed by atoms with Crippen molar-refractivity contribution in [2.24, 2.45) is 7.05 Å². The molecule has 0 aromatic carbocycles. The molecule has 0 radical (unpaired) electrons. The maximum atomic E-state index is 5.95. The summed E-state index contributed by atoms with van der Waals surface area (Å²) >= 11 is 7.58. The lowest BCUT2D eigenvalue weighted by Crippen LogP contribution is -2.18. The fourth-order valence-corrected chi connectivity index (χ4v) is 3.08. The van der Waals surface area contributed by atoms with Crippen LogP contribution in [-0.2, 0) is 13.6 Å². The van der Waals surface area contributed by atoms with Gasteiger partial charge in [-0.05, 0) is 32.9 Å². The first kappa shape index (κ1) is 13.6. The standard InChI is InChI=1S/C13H18ClN3S/c1-8-11(10(3)17(4)16-8)7-15-9(2)12-5-6-13(14)18-12/h5-6,9,15H,7H2,1-4H3. The molecule has 0 aliphatic heterocycles. The molecule has 0 aliphatic rings.